The maximum absolute atomic E-state index is 6.90. The summed E-state index contributed by atoms with van der Waals surface area (Å²) in [6.07, 6.45) is 0. The Labute approximate surface area is 298 Å². The highest BCUT2D eigenvalue weighted by atomic mass is 32.1. The molecular formula is C48H29NOS. The van der Waals surface area contributed by atoms with Gasteiger partial charge in [-0.1, -0.05) is 121 Å². The van der Waals surface area contributed by atoms with Gasteiger partial charge in [0.25, 0.3) is 0 Å². The molecule has 0 amide bonds. The maximum atomic E-state index is 6.90. The molecule has 9 aromatic carbocycles. The predicted molar refractivity (Wildman–Crippen MR) is 219 cm³/mol. The van der Waals surface area contributed by atoms with E-state index in [-0.39, 0.29) is 0 Å². The summed E-state index contributed by atoms with van der Waals surface area (Å²) < 4.78 is 9.54. The summed E-state index contributed by atoms with van der Waals surface area (Å²) in [6.45, 7) is 0. The zero-order chi connectivity index (χ0) is 33.5. The Balaban J connectivity index is 1.12. The molecule has 51 heavy (non-hydrogen) atoms. The van der Waals surface area contributed by atoms with Crippen LogP contribution < -0.4 is 4.90 Å². The molecule has 0 radical (unpaired) electrons. The van der Waals surface area contributed by atoms with Gasteiger partial charge in [0.1, 0.15) is 5.58 Å². The van der Waals surface area contributed by atoms with Gasteiger partial charge in [0.15, 0.2) is 5.58 Å². The molecule has 238 valence electrons. The van der Waals surface area contributed by atoms with E-state index in [1.165, 1.54) is 58.2 Å². The molecular weight excluding hydrogens is 639 g/mol. The lowest BCUT2D eigenvalue weighted by Crippen LogP contribution is -2.10. The van der Waals surface area contributed by atoms with Crippen molar-refractivity contribution in [3.8, 4) is 11.1 Å². The first-order valence-electron chi connectivity index (χ1n) is 17.3. The number of hydrogen-bond acceptors (Lipinski definition) is 3. The Bertz CT molecular complexity index is 3150. The van der Waals surface area contributed by atoms with Crippen LogP contribution in [0.4, 0.5) is 17.1 Å². The average Bonchev–Trinajstić information content (AvgIpc) is 3.77. The van der Waals surface area contributed by atoms with Gasteiger partial charge in [-0.25, -0.2) is 0 Å². The van der Waals surface area contributed by atoms with Crippen LogP contribution in [-0.4, -0.2) is 0 Å². The van der Waals surface area contributed by atoms with E-state index in [1.807, 2.05) is 11.3 Å². The average molecular weight is 668 g/mol. The standard InChI is InChI=1S/C48H29NOS/c1-3-10-37-31(8-1)16-17-33-20-25-36(29-42(33)37)49(44-14-7-13-40-41-26-21-32-9-2-4-11-38(32)47(41)50-48(40)44)35-23-18-30(19-24-35)34-22-27-46-43(28-34)39-12-5-6-15-45(39)51-46/h1-29H. The van der Waals surface area contributed by atoms with E-state index in [1.54, 1.807) is 0 Å². The number of anilines is 3. The molecule has 0 aliphatic rings. The van der Waals surface area contributed by atoms with Crippen molar-refractivity contribution in [3.05, 3.63) is 176 Å². The maximum Gasteiger partial charge on any atom is 0.159 e. The van der Waals surface area contributed by atoms with Crippen molar-refractivity contribution in [2.24, 2.45) is 0 Å². The number of thiophene rings is 1. The normalized spacial score (nSPS) is 11.9. The summed E-state index contributed by atoms with van der Waals surface area (Å²) in [6, 6.07) is 63.8. The first kappa shape index (κ1) is 28.4. The highest BCUT2D eigenvalue weighted by Crippen LogP contribution is 2.45. The number of furan rings is 1. The molecule has 0 aliphatic carbocycles. The molecule has 11 aromatic rings. The van der Waals surface area contributed by atoms with Crippen LogP contribution in [0.1, 0.15) is 0 Å². The van der Waals surface area contributed by atoms with Crippen LogP contribution >= 0.6 is 11.3 Å². The first-order valence-corrected chi connectivity index (χ1v) is 18.1. The van der Waals surface area contributed by atoms with Gasteiger partial charge in [0, 0.05) is 47.7 Å². The van der Waals surface area contributed by atoms with Crippen LogP contribution in [0.25, 0.3) is 85.6 Å². The molecule has 0 N–H and O–H groups in total. The third-order valence-corrected chi connectivity index (χ3v) is 11.6. The third-order valence-electron chi connectivity index (χ3n) is 10.4. The van der Waals surface area contributed by atoms with Gasteiger partial charge in [-0.2, -0.15) is 0 Å². The van der Waals surface area contributed by atoms with E-state index < -0.39 is 0 Å². The zero-order valence-electron chi connectivity index (χ0n) is 27.5. The third kappa shape index (κ3) is 4.42. The number of para-hydroxylation sites is 1. The van der Waals surface area contributed by atoms with Crippen molar-refractivity contribution in [2.75, 3.05) is 4.90 Å². The van der Waals surface area contributed by atoms with E-state index in [0.29, 0.717) is 0 Å². The summed E-state index contributed by atoms with van der Waals surface area (Å²) >= 11 is 1.86. The number of hydrogen-bond donors (Lipinski definition) is 0. The molecule has 2 heterocycles. The predicted octanol–water partition coefficient (Wildman–Crippen LogP) is 14.6. The monoisotopic (exact) mass is 667 g/mol. The van der Waals surface area contributed by atoms with E-state index >= 15 is 0 Å². The fourth-order valence-corrected chi connectivity index (χ4v) is 9.04. The van der Waals surface area contributed by atoms with Crippen LogP contribution in [0.2, 0.25) is 0 Å². The highest BCUT2D eigenvalue weighted by Gasteiger charge is 2.21. The Hall–Kier alpha value is -6.42. The van der Waals surface area contributed by atoms with Crippen molar-refractivity contribution in [1.82, 2.24) is 0 Å². The largest absolute Gasteiger partial charge is 0.453 e. The van der Waals surface area contributed by atoms with Gasteiger partial charge in [-0.3, -0.25) is 0 Å². The van der Waals surface area contributed by atoms with E-state index in [4.69, 9.17) is 4.42 Å². The zero-order valence-corrected chi connectivity index (χ0v) is 28.3. The second-order valence-corrected chi connectivity index (χ2v) is 14.4. The molecule has 0 spiro atoms. The smallest absolute Gasteiger partial charge is 0.159 e. The molecule has 0 saturated carbocycles. The van der Waals surface area contributed by atoms with Crippen molar-refractivity contribution in [3.63, 3.8) is 0 Å². The molecule has 0 saturated heterocycles. The van der Waals surface area contributed by atoms with Gasteiger partial charge in [-0.05, 0) is 92.7 Å². The SMILES string of the molecule is c1ccc2c(c1)ccc1ccc(N(c3ccc(-c4ccc5sc6ccccc6c5c4)cc3)c3cccc4c3oc3c5ccccc5ccc43)cc12. The van der Waals surface area contributed by atoms with Gasteiger partial charge >= 0.3 is 0 Å². The quantitative estimate of drug-likeness (QED) is 0.174. The molecule has 0 unspecified atom stereocenters. The topological polar surface area (TPSA) is 16.4 Å². The summed E-state index contributed by atoms with van der Waals surface area (Å²) in [7, 11) is 0. The van der Waals surface area contributed by atoms with Gasteiger partial charge in [0.05, 0.1) is 5.69 Å². The Kier molecular flexibility index (Phi) is 6.16. The molecule has 11 rings (SSSR count). The lowest BCUT2D eigenvalue weighted by Gasteiger charge is -2.26. The second-order valence-electron chi connectivity index (χ2n) is 13.3. The number of benzene rings is 9. The summed E-state index contributed by atoms with van der Waals surface area (Å²) in [4.78, 5) is 2.35. The van der Waals surface area contributed by atoms with Crippen LogP contribution in [-0.2, 0) is 0 Å². The molecule has 2 aromatic heterocycles. The van der Waals surface area contributed by atoms with E-state index in [0.717, 1.165) is 44.4 Å². The van der Waals surface area contributed by atoms with Crippen molar-refractivity contribution >= 4 is 103 Å². The van der Waals surface area contributed by atoms with E-state index in [9.17, 15) is 0 Å². The van der Waals surface area contributed by atoms with E-state index in [2.05, 4.69) is 181 Å². The van der Waals surface area contributed by atoms with Crippen LogP contribution in [0, 0.1) is 0 Å². The molecule has 0 aliphatic heterocycles. The molecule has 2 nitrogen and oxygen atoms in total. The minimum Gasteiger partial charge on any atom is -0.453 e. The van der Waals surface area contributed by atoms with Crippen molar-refractivity contribution in [2.45, 2.75) is 0 Å². The summed E-state index contributed by atoms with van der Waals surface area (Å²) in [5, 5.41) is 12.1. The first-order chi connectivity index (χ1) is 25.3. The van der Waals surface area contributed by atoms with Gasteiger partial charge in [0.2, 0.25) is 0 Å². The minimum atomic E-state index is 0.876. The minimum absolute atomic E-state index is 0.876. The summed E-state index contributed by atoms with van der Waals surface area (Å²) in [5.41, 5.74) is 7.36. The Morgan fingerprint density at radius 3 is 1.82 bits per heavy atom. The number of rotatable bonds is 4. The van der Waals surface area contributed by atoms with Crippen LogP contribution in [0.15, 0.2) is 180 Å². The molecule has 0 bridgehead atoms. The fourth-order valence-electron chi connectivity index (χ4n) is 7.95. The van der Waals surface area contributed by atoms with Crippen LogP contribution in [0.5, 0.6) is 0 Å². The fraction of sp³-hybridized carbons (Fsp3) is 0. The number of nitrogens with zero attached hydrogens (tertiary/aromatic N) is 1. The van der Waals surface area contributed by atoms with Crippen LogP contribution in [0.3, 0.4) is 0 Å². The van der Waals surface area contributed by atoms with Crippen molar-refractivity contribution in [1.29, 1.82) is 0 Å². The molecule has 0 fully saturated rings. The van der Waals surface area contributed by atoms with Gasteiger partial charge < -0.3 is 9.32 Å². The second kappa shape index (κ2) is 11.0. The Morgan fingerprint density at radius 2 is 0.961 bits per heavy atom. The lowest BCUT2D eigenvalue weighted by molar-refractivity contribution is 0.673. The van der Waals surface area contributed by atoms with Crippen molar-refractivity contribution < 1.29 is 4.42 Å². The summed E-state index contributed by atoms with van der Waals surface area (Å²) in [5.74, 6) is 0. The van der Waals surface area contributed by atoms with Gasteiger partial charge in [-0.15, -0.1) is 11.3 Å². The number of fused-ring (bicyclic) bond motifs is 11. The molecule has 0 atom stereocenters. The lowest BCUT2D eigenvalue weighted by atomic mass is 10.00. The Morgan fingerprint density at radius 1 is 0.353 bits per heavy atom. The molecule has 3 heteroatoms. The highest BCUT2D eigenvalue weighted by molar-refractivity contribution is 7.25.